The summed E-state index contributed by atoms with van der Waals surface area (Å²) in [5.74, 6) is -0.285. The Kier molecular flexibility index (Phi) is 2.64. The molecule has 2 rings (SSSR count). The molecule has 0 aliphatic rings. The molecule has 0 saturated carbocycles. The van der Waals surface area contributed by atoms with E-state index in [0.29, 0.717) is 11.3 Å². The first kappa shape index (κ1) is 10.3. The molecular weight excluding hydrogens is 204 g/mol. The highest BCUT2D eigenvalue weighted by Gasteiger charge is 2.12. The highest BCUT2D eigenvalue weighted by atomic mass is 16.1. The van der Waals surface area contributed by atoms with Crippen molar-refractivity contribution >= 4 is 5.78 Å². The van der Waals surface area contributed by atoms with Crippen LogP contribution in [-0.4, -0.2) is 16.0 Å². The number of aromatic amines is 1. The lowest BCUT2D eigenvalue weighted by Crippen LogP contribution is -2.19. The SMILES string of the molecule is Cc1cc(C(=O)c2ccccc2)c(=O)[nH]n1. The monoisotopic (exact) mass is 214 g/mol. The fourth-order valence-electron chi connectivity index (χ4n) is 1.42. The van der Waals surface area contributed by atoms with Crippen molar-refractivity contribution in [2.75, 3.05) is 0 Å². The third kappa shape index (κ3) is 1.91. The molecule has 80 valence electrons. The summed E-state index contributed by atoms with van der Waals surface area (Å²) < 4.78 is 0. The fourth-order valence-corrected chi connectivity index (χ4v) is 1.42. The predicted molar refractivity (Wildman–Crippen MR) is 59.5 cm³/mol. The van der Waals surface area contributed by atoms with Crippen LogP contribution >= 0.6 is 0 Å². The molecule has 0 spiro atoms. The van der Waals surface area contributed by atoms with Crippen molar-refractivity contribution in [1.82, 2.24) is 10.2 Å². The van der Waals surface area contributed by atoms with Gasteiger partial charge in [-0.05, 0) is 13.0 Å². The normalized spacial score (nSPS) is 10.1. The summed E-state index contributed by atoms with van der Waals surface area (Å²) in [6.45, 7) is 1.72. The van der Waals surface area contributed by atoms with E-state index >= 15 is 0 Å². The lowest BCUT2D eigenvalue weighted by atomic mass is 10.1. The van der Waals surface area contributed by atoms with E-state index in [1.807, 2.05) is 6.07 Å². The third-order valence-electron chi connectivity index (χ3n) is 2.21. The number of hydrogen-bond donors (Lipinski definition) is 1. The quantitative estimate of drug-likeness (QED) is 0.766. The van der Waals surface area contributed by atoms with E-state index in [1.165, 1.54) is 6.07 Å². The van der Waals surface area contributed by atoms with E-state index in [2.05, 4.69) is 10.2 Å². The topological polar surface area (TPSA) is 62.8 Å². The zero-order chi connectivity index (χ0) is 11.5. The summed E-state index contributed by atoms with van der Waals surface area (Å²) in [5, 5.41) is 6.02. The number of hydrogen-bond acceptors (Lipinski definition) is 3. The molecule has 1 aromatic heterocycles. The standard InChI is InChI=1S/C12H10N2O2/c1-8-7-10(12(16)14-13-8)11(15)9-5-3-2-4-6-9/h2-7H,1H3,(H,14,16). The molecule has 0 bridgehead atoms. The van der Waals surface area contributed by atoms with Crippen molar-refractivity contribution in [3.63, 3.8) is 0 Å². The van der Waals surface area contributed by atoms with E-state index in [1.54, 1.807) is 31.2 Å². The second-order valence-electron chi connectivity index (χ2n) is 3.45. The fraction of sp³-hybridized carbons (Fsp3) is 0.0833. The molecule has 4 heteroatoms. The highest BCUT2D eigenvalue weighted by Crippen LogP contribution is 2.05. The second-order valence-corrected chi connectivity index (χ2v) is 3.45. The average molecular weight is 214 g/mol. The van der Waals surface area contributed by atoms with Crippen LogP contribution in [0.3, 0.4) is 0 Å². The molecule has 0 atom stereocenters. The largest absolute Gasteiger partial charge is 0.288 e. The maximum Gasteiger partial charge on any atom is 0.275 e. The van der Waals surface area contributed by atoms with Gasteiger partial charge in [-0.2, -0.15) is 5.10 Å². The van der Waals surface area contributed by atoms with Gasteiger partial charge in [-0.25, -0.2) is 5.10 Å². The molecule has 0 aliphatic heterocycles. The van der Waals surface area contributed by atoms with E-state index in [0.717, 1.165) is 0 Å². The molecule has 2 aromatic rings. The number of nitrogens with one attached hydrogen (secondary N) is 1. The molecule has 1 aromatic carbocycles. The van der Waals surface area contributed by atoms with Crippen LogP contribution in [0.4, 0.5) is 0 Å². The number of aromatic nitrogens is 2. The van der Waals surface area contributed by atoms with Crippen molar-refractivity contribution in [1.29, 1.82) is 0 Å². The smallest absolute Gasteiger partial charge is 0.275 e. The number of carbonyl (C=O) groups is 1. The number of nitrogens with zero attached hydrogens (tertiary/aromatic N) is 1. The summed E-state index contributed by atoms with van der Waals surface area (Å²) in [6, 6.07) is 10.2. The van der Waals surface area contributed by atoms with E-state index < -0.39 is 5.56 Å². The van der Waals surface area contributed by atoms with Gasteiger partial charge in [-0.15, -0.1) is 0 Å². The van der Waals surface area contributed by atoms with Crippen molar-refractivity contribution in [3.05, 3.63) is 63.6 Å². The Bertz CT molecular complexity index is 573. The minimum atomic E-state index is -0.459. The number of aryl methyl sites for hydroxylation is 1. The molecular formula is C12H10N2O2. The molecule has 0 unspecified atom stereocenters. The van der Waals surface area contributed by atoms with Gasteiger partial charge in [-0.1, -0.05) is 30.3 Å². The van der Waals surface area contributed by atoms with E-state index in [4.69, 9.17) is 0 Å². The number of benzene rings is 1. The molecule has 0 amide bonds. The van der Waals surface area contributed by atoms with Gasteiger partial charge in [0.25, 0.3) is 5.56 Å². The summed E-state index contributed by atoms with van der Waals surface area (Å²) in [4.78, 5) is 23.4. The van der Waals surface area contributed by atoms with Gasteiger partial charge in [-0.3, -0.25) is 9.59 Å². The molecule has 0 saturated heterocycles. The average Bonchev–Trinajstić information content (AvgIpc) is 2.32. The van der Waals surface area contributed by atoms with Crippen molar-refractivity contribution in [2.24, 2.45) is 0 Å². The van der Waals surface area contributed by atoms with Crippen LogP contribution in [-0.2, 0) is 0 Å². The van der Waals surface area contributed by atoms with Gasteiger partial charge in [0.15, 0.2) is 5.78 Å². The Morgan fingerprint density at radius 2 is 1.94 bits per heavy atom. The summed E-state index contributed by atoms with van der Waals surface area (Å²) >= 11 is 0. The summed E-state index contributed by atoms with van der Waals surface area (Å²) in [5.41, 5.74) is 0.774. The number of ketones is 1. The lowest BCUT2D eigenvalue weighted by Gasteiger charge is -2.00. The van der Waals surface area contributed by atoms with E-state index in [9.17, 15) is 9.59 Å². The van der Waals surface area contributed by atoms with Crippen LogP contribution in [0.25, 0.3) is 0 Å². The Morgan fingerprint density at radius 3 is 2.62 bits per heavy atom. The Labute approximate surface area is 91.9 Å². The van der Waals surface area contributed by atoms with Gasteiger partial charge in [0.2, 0.25) is 0 Å². The van der Waals surface area contributed by atoms with Crippen molar-refractivity contribution in [3.8, 4) is 0 Å². The number of H-pyrrole nitrogens is 1. The van der Waals surface area contributed by atoms with Crippen LogP contribution in [0.15, 0.2) is 41.2 Å². The maximum atomic E-state index is 12.0. The zero-order valence-corrected chi connectivity index (χ0v) is 8.73. The van der Waals surface area contributed by atoms with Crippen LogP contribution in [0.1, 0.15) is 21.6 Å². The first-order valence-corrected chi connectivity index (χ1v) is 4.84. The van der Waals surface area contributed by atoms with Gasteiger partial charge >= 0.3 is 0 Å². The highest BCUT2D eigenvalue weighted by molar-refractivity contribution is 6.08. The first-order valence-electron chi connectivity index (χ1n) is 4.84. The van der Waals surface area contributed by atoms with Crippen LogP contribution < -0.4 is 5.56 Å². The third-order valence-corrected chi connectivity index (χ3v) is 2.21. The summed E-state index contributed by atoms with van der Waals surface area (Å²) in [6.07, 6.45) is 0. The van der Waals surface area contributed by atoms with Crippen LogP contribution in [0.5, 0.6) is 0 Å². The molecule has 1 heterocycles. The number of carbonyl (C=O) groups excluding carboxylic acids is 1. The second kappa shape index (κ2) is 4.10. The van der Waals surface area contributed by atoms with Crippen LogP contribution in [0.2, 0.25) is 0 Å². The first-order chi connectivity index (χ1) is 7.68. The Hall–Kier alpha value is -2.23. The van der Waals surface area contributed by atoms with Gasteiger partial charge in [0.05, 0.1) is 11.3 Å². The molecule has 0 radical (unpaired) electrons. The molecule has 1 N–H and O–H groups in total. The molecule has 0 fully saturated rings. The Balaban J connectivity index is 2.50. The van der Waals surface area contributed by atoms with Crippen molar-refractivity contribution < 1.29 is 4.79 Å². The maximum absolute atomic E-state index is 12.0. The zero-order valence-electron chi connectivity index (χ0n) is 8.73. The Morgan fingerprint density at radius 1 is 1.25 bits per heavy atom. The molecule has 0 aliphatic carbocycles. The minimum Gasteiger partial charge on any atom is -0.288 e. The summed E-state index contributed by atoms with van der Waals surface area (Å²) in [7, 11) is 0. The lowest BCUT2D eigenvalue weighted by molar-refractivity contribution is 0.103. The van der Waals surface area contributed by atoms with Crippen molar-refractivity contribution in [2.45, 2.75) is 6.92 Å². The van der Waals surface area contributed by atoms with Gasteiger partial charge in [0, 0.05) is 5.56 Å². The van der Waals surface area contributed by atoms with E-state index in [-0.39, 0.29) is 11.3 Å². The van der Waals surface area contributed by atoms with Gasteiger partial charge in [0.1, 0.15) is 0 Å². The van der Waals surface area contributed by atoms with Crippen LogP contribution in [0, 0.1) is 6.92 Å². The molecule has 4 nitrogen and oxygen atoms in total. The van der Waals surface area contributed by atoms with Gasteiger partial charge < -0.3 is 0 Å². The minimum absolute atomic E-state index is 0.124. The molecule has 16 heavy (non-hydrogen) atoms. The predicted octanol–water partition coefficient (Wildman–Crippen LogP) is 1.31. The number of rotatable bonds is 2.